The van der Waals surface area contributed by atoms with Crippen LogP contribution in [0.2, 0.25) is 0 Å². The van der Waals surface area contributed by atoms with Crippen LogP contribution in [0.25, 0.3) is 45.9 Å². The van der Waals surface area contributed by atoms with E-state index in [9.17, 15) is 0 Å². The van der Waals surface area contributed by atoms with Crippen LogP contribution in [0.15, 0.2) is 132 Å². The van der Waals surface area contributed by atoms with Gasteiger partial charge in [-0.05, 0) is 47.9 Å². The first-order valence-corrected chi connectivity index (χ1v) is 12.5. The maximum atomic E-state index is 6.30. The number of hydrogen-bond donors (Lipinski definition) is 0. The molecule has 0 aliphatic carbocycles. The van der Waals surface area contributed by atoms with Crippen LogP contribution in [0, 0.1) is 0 Å². The number of para-hydroxylation sites is 2. The second kappa shape index (κ2) is 9.67. The maximum absolute atomic E-state index is 6.30. The van der Waals surface area contributed by atoms with Crippen LogP contribution in [0.5, 0.6) is 0 Å². The zero-order valence-corrected chi connectivity index (χ0v) is 20.8. The Bertz CT molecular complexity index is 1780. The van der Waals surface area contributed by atoms with Gasteiger partial charge in [-0.1, -0.05) is 116 Å². The molecule has 0 radical (unpaired) electrons. The van der Waals surface area contributed by atoms with Crippen molar-refractivity contribution in [2.45, 2.75) is 6.92 Å². The van der Waals surface area contributed by atoms with Gasteiger partial charge in [0.05, 0.1) is 11.4 Å². The second-order valence-electron chi connectivity index (χ2n) is 9.01. The number of anilines is 3. The average Bonchev–Trinajstić information content (AvgIpc) is 3.30. The summed E-state index contributed by atoms with van der Waals surface area (Å²) in [7, 11) is 0. The highest BCUT2D eigenvalue weighted by Crippen LogP contribution is 2.43. The first kappa shape index (κ1) is 22.6. The van der Waals surface area contributed by atoms with Crippen LogP contribution in [-0.4, -0.2) is 0 Å². The predicted octanol–water partition coefficient (Wildman–Crippen LogP) is 8.45. The van der Waals surface area contributed by atoms with Gasteiger partial charge in [-0.15, -0.1) is 0 Å². The molecule has 0 aliphatic rings. The molecule has 6 aromatic rings. The molecular weight excluding hydrogens is 450 g/mol. The van der Waals surface area contributed by atoms with Gasteiger partial charge in [-0.3, -0.25) is 0 Å². The molecule has 0 aliphatic heterocycles. The second-order valence-corrected chi connectivity index (χ2v) is 9.01. The van der Waals surface area contributed by atoms with E-state index in [1.807, 2.05) is 19.1 Å². The predicted molar refractivity (Wildman–Crippen MR) is 157 cm³/mol. The molecule has 0 saturated carbocycles. The highest BCUT2D eigenvalue weighted by Gasteiger charge is 2.21. The highest BCUT2D eigenvalue weighted by atomic mass is 16.3. The van der Waals surface area contributed by atoms with E-state index in [-0.39, 0.29) is 0 Å². The molecule has 0 fully saturated rings. The zero-order valence-electron chi connectivity index (χ0n) is 20.8. The summed E-state index contributed by atoms with van der Waals surface area (Å²) in [6, 6.07) is 44.6. The quantitative estimate of drug-likeness (QED) is 0.248. The first-order valence-electron chi connectivity index (χ1n) is 12.5. The molecule has 6 rings (SSSR count). The third-order valence-electron chi connectivity index (χ3n) is 6.80. The molecule has 0 N–H and O–H groups in total. The lowest BCUT2D eigenvalue weighted by molar-refractivity contribution is 0.578. The molecule has 0 unspecified atom stereocenters. The van der Waals surface area contributed by atoms with Crippen LogP contribution >= 0.6 is 0 Å². The Hall–Kier alpha value is -4.82. The van der Waals surface area contributed by atoms with E-state index >= 15 is 0 Å². The molecule has 1 heterocycles. The van der Waals surface area contributed by atoms with Crippen molar-refractivity contribution in [3.8, 4) is 22.3 Å². The number of nitrogens with zero attached hydrogens (tertiary/aromatic N) is 1. The summed E-state index contributed by atoms with van der Waals surface area (Å²) in [4.78, 5) is 2.29. The topological polar surface area (TPSA) is 16.4 Å². The third kappa shape index (κ3) is 4.13. The van der Waals surface area contributed by atoms with Gasteiger partial charge >= 0.3 is 0 Å². The van der Waals surface area contributed by atoms with Crippen molar-refractivity contribution >= 4 is 40.7 Å². The molecule has 0 atom stereocenters. The van der Waals surface area contributed by atoms with Gasteiger partial charge in [0.2, 0.25) is 0 Å². The Balaban J connectivity index is 1.60. The van der Waals surface area contributed by atoms with E-state index in [0.29, 0.717) is 5.42 Å². The fourth-order valence-electron chi connectivity index (χ4n) is 5.04. The third-order valence-corrected chi connectivity index (χ3v) is 6.80. The van der Waals surface area contributed by atoms with E-state index in [4.69, 9.17) is 4.42 Å². The summed E-state index contributed by atoms with van der Waals surface area (Å²) in [6.07, 6.45) is 2.06. The molecule has 178 valence electrons. The smallest absolute Gasteiger partial charge is 0.159 e. The lowest BCUT2D eigenvalue weighted by atomic mass is 10.0. The minimum Gasteiger partial charge on any atom is -0.454 e. The van der Waals surface area contributed by atoms with Gasteiger partial charge < -0.3 is 9.32 Å². The minimum atomic E-state index is 0.681. The van der Waals surface area contributed by atoms with Crippen molar-refractivity contribution in [1.82, 2.24) is 0 Å². The van der Waals surface area contributed by atoms with Crippen molar-refractivity contribution in [3.63, 3.8) is 0 Å². The monoisotopic (exact) mass is 477 g/mol. The number of benzene rings is 5. The lowest BCUT2D eigenvalue weighted by Gasteiger charge is -2.28. The molecular formula is C35H27NO. The summed E-state index contributed by atoms with van der Waals surface area (Å²) in [6.45, 7) is 6.19. The van der Waals surface area contributed by atoms with E-state index in [0.717, 1.165) is 44.4 Å². The average molecular weight is 478 g/mol. The summed E-state index contributed by atoms with van der Waals surface area (Å²) >= 11 is 0. The molecule has 0 bridgehead atoms. The van der Waals surface area contributed by atoms with Gasteiger partial charge in [0.15, 0.2) is 5.58 Å². The fraction of sp³-hybridized carbons (Fsp3) is 0.0286. The summed E-state index contributed by atoms with van der Waals surface area (Å²) < 4.78 is 6.30. The van der Waals surface area contributed by atoms with Gasteiger partial charge in [-0.25, -0.2) is 0 Å². The van der Waals surface area contributed by atoms with Crippen LogP contribution in [0.3, 0.4) is 0 Å². The first-order chi connectivity index (χ1) is 18.2. The maximum Gasteiger partial charge on any atom is 0.159 e. The Morgan fingerprint density at radius 2 is 1.19 bits per heavy atom. The number of rotatable bonds is 5. The number of hydrogen-bond acceptors (Lipinski definition) is 2. The summed E-state index contributed by atoms with van der Waals surface area (Å²) in [5, 5.41) is 2.10. The molecule has 1 aromatic heterocycles. The van der Waals surface area contributed by atoms with Gasteiger partial charge in [0.25, 0.3) is 0 Å². The molecule has 0 spiro atoms. The van der Waals surface area contributed by atoms with Crippen LogP contribution in [0.4, 0.5) is 17.1 Å². The fourth-order valence-corrected chi connectivity index (χ4v) is 5.04. The van der Waals surface area contributed by atoms with Crippen molar-refractivity contribution < 1.29 is 4.42 Å². The Kier molecular flexibility index (Phi) is 5.92. The molecule has 2 nitrogen and oxygen atoms in total. The minimum absolute atomic E-state index is 0.681. The van der Waals surface area contributed by atoms with E-state index in [1.165, 1.54) is 11.1 Å². The van der Waals surface area contributed by atoms with E-state index < -0.39 is 0 Å². The Morgan fingerprint density at radius 1 is 0.595 bits per heavy atom. The standard InChI is InChI=1S/C35H27NO/c1-3-30-25(2)37-35-32(30)18-12-20-34(35)36(29-23-21-27(22-24-29)26-13-6-4-7-14-26)33-19-11-10-17-31(33)28-15-8-5-9-16-28/h3-24H,2H2,1H3. The molecule has 0 amide bonds. The van der Waals surface area contributed by atoms with Crippen molar-refractivity contribution in [1.29, 1.82) is 0 Å². The van der Waals surface area contributed by atoms with Crippen molar-refractivity contribution in [2.75, 3.05) is 4.90 Å². The summed E-state index contributed by atoms with van der Waals surface area (Å²) in [5.41, 5.74) is 9.31. The highest BCUT2D eigenvalue weighted by molar-refractivity contribution is 5.98. The van der Waals surface area contributed by atoms with Gasteiger partial charge in [-0.2, -0.15) is 0 Å². The van der Waals surface area contributed by atoms with Crippen LogP contribution in [-0.2, 0) is 0 Å². The van der Waals surface area contributed by atoms with Crippen molar-refractivity contribution in [3.05, 3.63) is 138 Å². The van der Waals surface area contributed by atoms with Gasteiger partial charge in [0, 0.05) is 21.9 Å². The lowest BCUT2D eigenvalue weighted by Crippen LogP contribution is -2.17. The number of fused-ring (bicyclic) bond motifs is 1. The van der Waals surface area contributed by atoms with Gasteiger partial charge in [0.1, 0.15) is 5.42 Å². The van der Waals surface area contributed by atoms with E-state index in [2.05, 4.69) is 133 Å². The Morgan fingerprint density at radius 3 is 1.89 bits per heavy atom. The molecule has 2 heteroatoms. The van der Waals surface area contributed by atoms with E-state index in [1.54, 1.807) is 0 Å². The Labute approximate surface area is 217 Å². The SMILES string of the molecule is C=c1oc2c(N(c3ccc(-c4ccccc4)cc3)c3ccccc3-c3ccccc3)cccc2c1=CC. The van der Waals surface area contributed by atoms with Crippen molar-refractivity contribution in [2.24, 2.45) is 0 Å². The summed E-state index contributed by atoms with van der Waals surface area (Å²) in [5.74, 6) is 0. The zero-order chi connectivity index (χ0) is 25.2. The normalized spacial score (nSPS) is 11.6. The molecule has 5 aromatic carbocycles. The molecule has 37 heavy (non-hydrogen) atoms. The largest absolute Gasteiger partial charge is 0.454 e. The van der Waals surface area contributed by atoms with Crippen LogP contribution in [0.1, 0.15) is 6.92 Å². The molecule has 0 saturated heterocycles. The number of furan rings is 1. The van der Waals surface area contributed by atoms with Crippen LogP contribution < -0.4 is 15.5 Å².